The van der Waals surface area contributed by atoms with E-state index in [0.29, 0.717) is 24.4 Å². The van der Waals surface area contributed by atoms with E-state index in [0.717, 1.165) is 11.1 Å². The molecule has 2 aromatic rings. The van der Waals surface area contributed by atoms with E-state index in [9.17, 15) is 9.59 Å². The summed E-state index contributed by atoms with van der Waals surface area (Å²) in [5.41, 5.74) is 2.09. The lowest BCUT2D eigenvalue weighted by atomic mass is 10.1. The van der Waals surface area contributed by atoms with Gasteiger partial charge in [0.15, 0.2) is 0 Å². The lowest BCUT2D eigenvalue weighted by Crippen LogP contribution is -2.32. The van der Waals surface area contributed by atoms with E-state index in [1.165, 1.54) is 0 Å². The standard InChI is InChI=1S/C18H18ClNO2/c19-16-8-4-7-15(13-16)9-10-17(21)18(22)20-12-11-14-5-2-1-3-6-14/h1-8,13H,9-12H2,(H,20,22). The van der Waals surface area contributed by atoms with Gasteiger partial charge in [-0.2, -0.15) is 0 Å². The third kappa shape index (κ3) is 5.34. The summed E-state index contributed by atoms with van der Waals surface area (Å²) in [7, 11) is 0. The molecule has 1 amide bonds. The van der Waals surface area contributed by atoms with Gasteiger partial charge in [-0.1, -0.05) is 54.1 Å². The van der Waals surface area contributed by atoms with Gasteiger partial charge in [-0.05, 0) is 36.1 Å². The van der Waals surface area contributed by atoms with Crippen molar-refractivity contribution in [2.24, 2.45) is 0 Å². The maximum atomic E-state index is 11.8. The molecular weight excluding hydrogens is 298 g/mol. The van der Waals surface area contributed by atoms with Crippen LogP contribution in [0.1, 0.15) is 17.5 Å². The second kappa shape index (κ2) is 8.35. The van der Waals surface area contributed by atoms with Gasteiger partial charge in [0, 0.05) is 18.0 Å². The zero-order chi connectivity index (χ0) is 15.8. The molecule has 0 aliphatic rings. The summed E-state index contributed by atoms with van der Waals surface area (Å²) in [5.74, 6) is -0.911. The van der Waals surface area contributed by atoms with Gasteiger partial charge < -0.3 is 5.32 Å². The first kappa shape index (κ1) is 16.2. The average molecular weight is 316 g/mol. The van der Waals surface area contributed by atoms with Gasteiger partial charge in [-0.3, -0.25) is 9.59 Å². The molecule has 0 fully saturated rings. The molecule has 0 spiro atoms. The molecule has 0 atom stereocenters. The number of hydrogen-bond donors (Lipinski definition) is 1. The van der Waals surface area contributed by atoms with Crippen LogP contribution in [-0.4, -0.2) is 18.2 Å². The summed E-state index contributed by atoms with van der Waals surface area (Å²) in [6.45, 7) is 0.464. The van der Waals surface area contributed by atoms with Crippen molar-refractivity contribution < 1.29 is 9.59 Å². The van der Waals surface area contributed by atoms with Gasteiger partial charge >= 0.3 is 0 Å². The number of Topliss-reactive ketones (excluding diaryl/α,β-unsaturated/α-hetero) is 1. The van der Waals surface area contributed by atoms with Gasteiger partial charge in [0.2, 0.25) is 5.78 Å². The Balaban J connectivity index is 1.72. The van der Waals surface area contributed by atoms with Gasteiger partial charge in [0.05, 0.1) is 0 Å². The first-order valence-electron chi connectivity index (χ1n) is 7.24. The zero-order valence-corrected chi connectivity index (χ0v) is 13.0. The molecule has 0 aliphatic carbocycles. The van der Waals surface area contributed by atoms with Crippen molar-refractivity contribution in [2.75, 3.05) is 6.54 Å². The Labute approximate surface area is 135 Å². The van der Waals surface area contributed by atoms with E-state index in [1.807, 2.05) is 48.5 Å². The Hall–Kier alpha value is -2.13. The van der Waals surface area contributed by atoms with Crippen LogP contribution in [0.5, 0.6) is 0 Å². The monoisotopic (exact) mass is 315 g/mol. The summed E-state index contributed by atoms with van der Waals surface area (Å²) >= 11 is 5.89. The number of ketones is 1. The minimum absolute atomic E-state index is 0.192. The van der Waals surface area contributed by atoms with Crippen molar-refractivity contribution in [3.05, 3.63) is 70.7 Å². The highest BCUT2D eigenvalue weighted by Crippen LogP contribution is 2.12. The molecule has 0 saturated heterocycles. The minimum Gasteiger partial charge on any atom is -0.349 e. The maximum Gasteiger partial charge on any atom is 0.287 e. The third-order valence-corrected chi connectivity index (χ3v) is 3.56. The number of rotatable bonds is 7. The van der Waals surface area contributed by atoms with Gasteiger partial charge in [-0.15, -0.1) is 0 Å². The smallest absolute Gasteiger partial charge is 0.287 e. The number of halogens is 1. The predicted molar refractivity (Wildman–Crippen MR) is 87.9 cm³/mol. The molecule has 4 heteroatoms. The number of aryl methyl sites for hydroxylation is 1. The Kier molecular flexibility index (Phi) is 6.16. The number of hydrogen-bond acceptors (Lipinski definition) is 2. The molecule has 114 valence electrons. The Morgan fingerprint density at radius 2 is 1.64 bits per heavy atom. The van der Waals surface area contributed by atoms with Crippen molar-refractivity contribution in [3.8, 4) is 0 Å². The molecule has 0 aromatic heterocycles. The van der Waals surface area contributed by atoms with Crippen LogP contribution >= 0.6 is 11.6 Å². The molecule has 0 aliphatic heterocycles. The summed E-state index contributed by atoms with van der Waals surface area (Å²) in [5, 5.41) is 3.30. The molecule has 2 aromatic carbocycles. The lowest BCUT2D eigenvalue weighted by Gasteiger charge is -2.05. The van der Waals surface area contributed by atoms with Crippen LogP contribution in [0.15, 0.2) is 54.6 Å². The Bertz CT molecular complexity index is 641. The maximum absolute atomic E-state index is 11.8. The molecule has 0 bridgehead atoms. The minimum atomic E-state index is -0.516. The fourth-order valence-corrected chi connectivity index (χ4v) is 2.34. The number of carbonyl (C=O) groups excluding carboxylic acids is 2. The molecule has 0 heterocycles. The van der Waals surface area contributed by atoms with E-state index in [2.05, 4.69) is 5.32 Å². The number of amides is 1. The lowest BCUT2D eigenvalue weighted by molar-refractivity contribution is -0.137. The molecule has 0 saturated carbocycles. The van der Waals surface area contributed by atoms with Crippen LogP contribution in [0, 0.1) is 0 Å². The molecular formula is C18H18ClNO2. The summed E-state index contributed by atoms with van der Waals surface area (Å²) in [4.78, 5) is 23.5. The van der Waals surface area contributed by atoms with E-state index in [1.54, 1.807) is 6.07 Å². The molecule has 2 rings (SSSR count). The topological polar surface area (TPSA) is 46.2 Å². The van der Waals surface area contributed by atoms with Crippen molar-refractivity contribution in [1.82, 2.24) is 5.32 Å². The molecule has 0 unspecified atom stereocenters. The summed E-state index contributed by atoms with van der Waals surface area (Å²) in [6.07, 6.45) is 1.43. The number of carbonyl (C=O) groups is 2. The van der Waals surface area contributed by atoms with Crippen LogP contribution in [0.4, 0.5) is 0 Å². The third-order valence-electron chi connectivity index (χ3n) is 3.33. The van der Waals surface area contributed by atoms with E-state index in [-0.39, 0.29) is 6.42 Å². The van der Waals surface area contributed by atoms with Crippen molar-refractivity contribution in [3.63, 3.8) is 0 Å². The molecule has 1 N–H and O–H groups in total. The number of benzene rings is 2. The fraction of sp³-hybridized carbons (Fsp3) is 0.222. The first-order valence-corrected chi connectivity index (χ1v) is 7.62. The highest BCUT2D eigenvalue weighted by Gasteiger charge is 2.12. The average Bonchev–Trinajstić information content (AvgIpc) is 2.53. The van der Waals surface area contributed by atoms with Crippen molar-refractivity contribution >= 4 is 23.3 Å². The summed E-state index contributed by atoms with van der Waals surface area (Å²) < 4.78 is 0. The molecule has 0 radical (unpaired) electrons. The SMILES string of the molecule is O=C(CCc1cccc(Cl)c1)C(=O)NCCc1ccccc1. The van der Waals surface area contributed by atoms with Crippen LogP contribution in [0.25, 0.3) is 0 Å². The van der Waals surface area contributed by atoms with E-state index in [4.69, 9.17) is 11.6 Å². The molecule has 22 heavy (non-hydrogen) atoms. The Morgan fingerprint density at radius 1 is 0.909 bits per heavy atom. The molecule has 3 nitrogen and oxygen atoms in total. The van der Waals surface area contributed by atoms with Crippen molar-refractivity contribution in [1.29, 1.82) is 0 Å². The highest BCUT2D eigenvalue weighted by atomic mass is 35.5. The second-order valence-electron chi connectivity index (χ2n) is 5.04. The van der Waals surface area contributed by atoms with E-state index >= 15 is 0 Å². The number of nitrogens with one attached hydrogen (secondary N) is 1. The van der Waals surface area contributed by atoms with Gasteiger partial charge in [0.1, 0.15) is 0 Å². The predicted octanol–water partition coefficient (Wildman–Crippen LogP) is 3.20. The Morgan fingerprint density at radius 3 is 2.36 bits per heavy atom. The van der Waals surface area contributed by atoms with Gasteiger partial charge in [0.25, 0.3) is 5.91 Å². The van der Waals surface area contributed by atoms with Crippen LogP contribution in [0.3, 0.4) is 0 Å². The van der Waals surface area contributed by atoms with Crippen LogP contribution < -0.4 is 5.32 Å². The fourth-order valence-electron chi connectivity index (χ4n) is 2.13. The van der Waals surface area contributed by atoms with Crippen LogP contribution in [-0.2, 0) is 22.4 Å². The first-order chi connectivity index (χ1) is 10.6. The van der Waals surface area contributed by atoms with Gasteiger partial charge in [-0.25, -0.2) is 0 Å². The normalized spacial score (nSPS) is 10.2. The largest absolute Gasteiger partial charge is 0.349 e. The van der Waals surface area contributed by atoms with Crippen LogP contribution in [0.2, 0.25) is 5.02 Å². The second-order valence-corrected chi connectivity index (χ2v) is 5.48. The van der Waals surface area contributed by atoms with Crippen molar-refractivity contribution in [2.45, 2.75) is 19.3 Å². The van der Waals surface area contributed by atoms with E-state index < -0.39 is 11.7 Å². The highest BCUT2D eigenvalue weighted by molar-refractivity contribution is 6.36. The summed E-state index contributed by atoms with van der Waals surface area (Å²) in [6, 6.07) is 17.2. The zero-order valence-electron chi connectivity index (χ0n) is 12.2. The quantitative estimate of drug-likeness (QED) is 0.798.